The Hall–Kier alpha value is -3.03. The molecule has 28 heavy (non-hydrogen) atoms. The number of anilines is 2. The van der Waals surface area contributed by atoms with Crippen LogP contribution >= 0.6 is 0 Å². The molecule has 7 nitrogen and oxygen atoms in total. The average molecular weight is 384 g/mol. The first kappa shape index (κ1) is 19.7. The van der Waals surface area contributed by atoms with Gasteiger partial charge in [-0.2, -0.15) is 0 Å². The second-order valence-electron chi connectivity index (χ2n) is 6.82. The molecule has 1 aliphatic carbocycles. The number of rotatable bonds is 8. The number of carbonyl (C=O) groups excluding carboxylic acids is 2. The monoisotopic (exact) mass is 384 g/mol. The molecule has 0 bridgehead atoms. The van der Waals surface area contributed by atoms with Gasteiger partial charge in [-0.25, -0.2) is 14.4 Å². The van der Waals surface area contributed by atoms with Crippen molar-refractivity contribution in [1.82, 2.24) is 15.3 Å². The summed E-state index contributed by atoms with van der Waals surface area (Å²) in [5.41, 5.74) is 8.27. The molecule has 0 unspecified atom stereocenters. The first-order chi connectivity index (χ1) is 13.4. The molecule has 0 aliphatic heterocycles. The number of primary amides is 1. The molecular formula is C20H23FN5O2. The predicted molar refractivity (Wildman–Crippen MR) is 104 cm³/mol. The fraction of sp³-hybridized carbons (Fsp3) is 0.350. The van der Waals surface area contributed by atoms with Crippen LogP contribution in [0.4, 0.5) is 15.9 Å². The van der Waals surface area contributed by atoms with E-state index in [0.29, 0.717) is 36.6 Å². The van der Waals surface area contributed by atoms with Gasteiger partial charge in [0.15, 0.2) is 11.5 Å². The molecule has 3 rings (SSSR count). The summed E-state index contributed by atoms with van der Waals surface area (Å²) in [4.78, 5) is 31.8. The molecule has 8 heteroatoms. The number of amides is 2. The van der Waals surface area contributed by atoms with Crippen molar-refractivity contribution >= 4 is 23.3 Å². The number of benzene rings is 1. The van der Waals surface area contributed by atoms with Crippen molar-refractivity contribution < 1.29 is 14.0 Å². The number of hydrogen-bond acceptors (Lipinski definition) is 5. The van der Waals surface area contributed by atoms with Crippen LogP contribution in [0.1, 0.15) is 53.1 Å². The number of nitrogens with one attached hydrogen (secondary N) is 2. The van der Waals surface area contributed by atoms with E-state index in [1.165, 1.54) is 12.1 Å². The molecule has 1 heterocycles. The average Bonchev–Trinajstić information content (AvgIpc) is 3.45. The van der Waals surface area contributed by atoms with Crippen LogP contribution in [-0.4, -0.2) is 28.3 Å². The van der Waals surface area contributed by atoms with Crippen LogP contribution in [-0.2, 0) is 17.6 Å². The van der Waals surface area contributed by atoms with E-state index in [4.69, 9.17) is 5.73 Å². The Bertz CT molecular complexity index is 912. The predicted octanol–water partition coefficient (Wildman–Crippen LogP) is 2.39. The fourth-order valence-electron chi connectivity index (χ4n) is 3.04. The zero-order valence-corrected chi connectivity index (χ0v) is 15.7. The lowest BCUT2D eigenvalue weighted by Crippen LogP contribution is -2.22. The Balaban J connectivity index is 1.90. The van der Waals surface area contributed by atoms with Crippen LogP contribution in [0.2, 0.25) is 0 Å². The molecule has 4 N–H and O–H groups in total. The number of halogens is 1. The molecule has 1 aromatic heterocycles. The highest BCUT2D eigenvalue weighted by atomic mass is 19.1. The van der Waals surface area contributed by atoms with Crippen LogP contribution in [0.5, 0.6) is 0 Å². The van der Waals surface area contributed by atoms with Gasteiger partial charge in [-0.1, -0.05) is 6.92 Å². The van der Waals surface area contributed by atoms with Gasteiger partial charge in [0.05, 0.1) is 11.4 Å². The van der Waals surface area contributed by atoms with E-state index in [1.54, 1.807) is 6.07 Å². The highest BCUT2D eigenvalue weighted by Crippen LogP contribution is 2.41. The fourth-order valence-corrected chi connectivity index (χ4v) is 3.04. The first-order valence-corrected chi connectivity index (χ1v) is 9.24. The molecule has 1 radical (unpaired) electrons. The van der Waals surface area contributed by atoms with Crippen molar-refractivity contribution in [3.63, 3.8) is 0 Å². The minimum absolute atomic E-state index is 0.0383. The molecule has 2 amide bonds. The van der Waals surface area contributed by atoms with E-state index in [1.807, 2.05) is 6.92 Å². The van der Waals surface area contributed by atoms with Gasteiger partial charge in [0.1, 0.15) is 5.82 Å². The Morgan fingerprint density at radius 2 is 2.04 bits per heavy atom. The van der Waals surface area contributed by atoms with Crippen LogP contribution in [0.25, 0.3) is 0 Å². The van der Waals surface area contributed by atoms with Gasteiger partial charge < -0.3 is 16.4 Å². The van der Waals surface area contributed by atoms with E-state index < -0.39 is 11.7 Å². The Labute approximate surface area is 162 Å². The molecule has 0 saturated heterocycles. The maximum absolute atomic E-state index is 14.0. The van der Waals surface area contributed by atoms with E-state index in [9.17, 15) is 14.0 Å². The second-order valence-corrected chi connectivity index (χ2v) is 6.82. The number of hydrogen-bond donors (Lipinski definition) is 3. The number of aromatic nitrogens is 2. The summed E-state index contributed by atoms with van der Waals surface area (Å²) in [6, 6.07) is 4.42. The highest BCUT2D eigenvalue weighted by Gasteiger charge is 2.30. The number of aryl methyl sites for hydroxylation is 1. The lowest BCUT2D eigenvalue weighted by atomic mass is 10.1. The molecule has 147 valence electrons. The smallest absolute Gasteiger partial charge is 0.271 e. The minimum atomic E-state index is -0.693. The second kappa shape index (κ2) is 8.33. The van der Waals surface area contributed by atoms with Crippen LogP contribution in [0.3, 0.4) is 0 Å². The van der Waals surface area contributed by atoms with Crippen molar-refractivity contribution in [2.24, 2.45) is 5.73 Å². The van der Waals surface area contributed by atoms with Gasteiger partial charge >= 0.3 is 0 Å². The maximum atomic E-state index is 14.0. The van der Waals surface area contributed by atoms with Gasteiger partial charge in [0, 0.05) is 25.1 Å². The van der Waals surface area contributed by atoms with Crippen molar-refractivity contribution in [1.29, 1.82) is 0 Å². The maximum Gasteiger partial charge on any atom is 0.271 e. The topological polar surface area (TPSA) is 110 Å². The van der Waals surface area contributed by atoms with Gasteiger partial charge in [-0.15, -0.1) is 0 Å². The minimum Gasteiger partial charge on any atom is -0.364 e. The zero-order valence-electron chi connectivity index (χ0n) is 15.7. The van der Waals surface area contributed by atoms with Crippen molar-refractivity contribution in [2.75, 3.05) is 11.9 Å². The summed E-state index contributed by atoms with van der Waals surface area (Å²) in [5.74, 6) is -0.947. The van der Waals surface area contributed by atoms with Gasteiger partial charge in [-0.3, -0.25) is 9.59 Å². The third kappa shape index (κ3) is 4.82. The third-order valence-corrected chi connectivity index (χ3v) is 4.49. The number of carbonyl (C=O) groups is 2. The van der Waals surface area contributed by atoms with Crippen molar-refractivity contribution in [2.45, 2.75) is 38.5 Å². The summed E-state index contributed by atoms with van der Waals surface area (Å²) in [6.07, 6.45) is 3.17. The van der Waals surface area contributed by atoms with Crippen molar-refractivity contribution in [3.8, 4) is 0 Å². The van der Waals surface area contributed by atoms with Crippen molar-refractivity contribution in [3.05, 3.63) is 53.6 Å². The molecule has 0 spiro atoms. The molecule has 0 atom stereocenters. The normalized spacial score (nSPS) is 13.2. The molecule has 1 saturated carbocycles. The van der Waals surface area contributed by atoms with E-state index in [-0.39, 0.29) is 17.4 Å². The first-order valence-electron chi connectivity index (χ1n) is 9.24. The van der Waals surface area contributed by atoms with Gasteiger partial charge in [0.2, 0.25) is 5.91 Å². The molecule has 2 aromatic rings. The summed E-state index contributed by atoms with van der Waals surface area (Å²) in [6.45, 7) is 5.53. The van der Waals surface area contributed by atoms with Gasteiger partial charge in [0.25, 0.3) is 5.91 Å². The number of nitrogens with zero attached hydrogens (tertiary/aromatic N) is 2. The highest BCUT2D eigenvalue weighted by molar-refractivity contribution is 5.96. The summed E-state index contributed by atoms with van der Waals surface area (Å²) in [5, 5.41) is 5.56. The SMILES string of the molecule is [CH2]C(=O)NCCc1cc(F)cc(Nc2nc(C3CC3)c(CC)nc2C(N)=O)c1. The van der Waals surface area contributed by atoms with E-state index in [0.717, 1.165) is 24.2 Å². The van der Waals surface area contributed by atoms with E-state index in [2.05, 4.69) is 27.5 Å². The lowest BCUT2D eigenvalue weighted by molar-refractivity contribution is -0.116. The Morgan fingerprint density at radius 3 is 2.64 bits per heavy atom. The van der Waals surface area contributed by atoms with Crippen LogP contribution < -0.4 is 16.4 Å². The largest absolute Gasteiger partial charge is 0.364 e. The van der Waals surface area contributed by atoms with Crippen LogP contribution in [0.15, 0.2) is 18.2 Å². The zero-order chi connectivity index (χ0) is 20.3. The van der Waals surface area contributed by atoms with E-state index >= 15 is 0 Å². The lowest BCUT2D eigenvalue weighted by Gasteiger charge is -2.14. The molecular weight excluding hydrogens is 361 g/mol. The molecule has 1 aliphatic rings. The third-order valence-electron chi connectivity index (χ3n) is 4.49. The number of nitrogens with two attached hydrogens (primary N) is 1. The summed E-state index contributed by atoms with van der Waals surface area (Å²) in [7, 11) is 0. The summed E-state index contributed by atoms with van der Waals surface area (Å²) >= 11 is 0. The quantitative estimate of drug-likeness (QED) is 0.647. The molecule has 1 aromatic carbocycles. The standard InChI is InChI=1S/C20H23FN5O2/c1-3-16-17(13-4-5-13)26-20(18(25-16)19(22)28)24-15-9-12(8-14(21)10-15)6-7-23-11(2)27/h8-10,13H,2-7H2,1H3,(H2,22,28)(H,23,27)(H,24,26). The molecule has 1 fully saturated rings. The Kier molecular flexibility index (Phi) is 5.87. The van der Waals surface area contributed by atoms with Crippen LogP contribution in [0, 0.1) is 12.7 Å². The Morgan fingerprint density at radius 1 is 1.29 bits per heavy atom. The summed E-state index contributed by atoms with van der Waals surface area (Å²) < 4.78 is 14.0. The van der Waals surface area contributed by atoms with Gasteiger partial charge in [-0.05, 0) is 49.4 Å².